The van der Waals surface area contributed by atoms with Crippen molar-refractivity contribution in [1.29, 1.82) is 0 Å². The largest absolute Gasteiger partial charge is 0.506 e. The van der Waals surface area contributed by atoms with Crippen LogP contribution in [0.15, 0.2) is 59.1 Å². The molecule has 7 nitrogen and oxygen atoms in total. The molecule has 2 aliphatic rings. The average molecular weight is 492 g/mol. The molecule has 1 N–H and O–H groups in total. The SMILES string of the molecule is O=C(O)OC1CN(Cc2ccc(-c3noc(/C=C/CC4(c5ccc(F)cc5)CCCCC4)n3)cc2)C1. The van der Waals surface area contributed by atoms with Gasteiger partial charge in [0.2, 0.25) is 5.82 Å². The van der Waals surface area contributed by atoms with Crippen LogP contribution in [0.25, 0.3) is 17.5 Å². The van der Waals surface area contributed by atoms with Crippen molar-refractivity contribution in [3.05, 3.63) is 77.4 Å². The van der Waals surface area contributed by atoms with E-state index < -0.39 is 6.16 Å². The maximum Gasteiger partial charge on any atom is 0.506 e. The maximum absolute atomic E-state index is 13.5. The fraction of sp³-hybridized carbons (Fsp3) is 0.393. The zero-order valence-electron chi connectivity index (χ0n) is 20.1. The van der Waals surface area contributed by atoms with Crippen molar-refractivity contribution in [2.45, 2.75) is 56.6 Å². The summed E-state index contributed by atoms with van der Waals surface area (Å²) in [6.45, 7) is 1.95. The molecular formula is C28H30FN3O4. The molecule has 5 rings (SSSR count). The van der Waals surface area contributed by atoms with Crippen molar-refractivity contribution >= 4 is 12.2 Å². The zero-order chi connectivity index (χ0) is 25.0. The van der Waals surface area contributed by atoms with Gasteiger partial charge in [-0.05, 0) is 54.0 Å². The summed E-state index contributed by atoms with van der Waals surface area (Å²) in [4.78, 5) is 17.2. The Kier molecular flexibility index (Phi) is 7.13. The van der Waals surface area contributed by atoms with Crippen LogP contribution in [0.1, 0.15) is 55.5 Å². The van der Waals surface area contributed by atoms with Crippen molar-refractivity contribution in [2.75, 3.05) is 13.1 Å². The number of carbonyl (C=O) groups is 1. The van der Waals surface area contributed by atoms with Crippen LogP contribution in [0, 0.1) is 5.82 Å². The Morgan fingerprint density at radius 1 is 1.11 bits per heavy atom. The first kappa shape index (κ1) is 24.2. The summed E-state index contributed by atoms with van der Waals surface area (Å²) in [6.07, 6.45) is 9.16. The molecule has 36 heavy (non-hydrogen) atoms. The second-order valence-electron chi connectivity index (χ2n) is 9.81. The van der Waals surface area contributed by atoms with E-state index in [0.29, 0.717) is 24.8 Å². The fourth-order valence-electron chi connectivity index (χ4n) is 5.33. The molecule has 1 aliphatic heterocycles. The summed E-state index contributed by atoms with van der Waals surface area (Å²) in [5.74, 6) is 0.793. The summed E-state index contributed by atoms with van der Waals surface area (Å²) < 4.78 is 23.7. The van der Waals surface area contributed by atoms with Crippen molar-refractivity contribution < 1.29 is 23.6 Å². The number of carboxylic acid groups (broad SMARTS) is 1. The predicted octanol–water partition coefficient (Wildman–Crippen LogP) is 6.06. The Hall–Kier alpha value is -3.52. The highest BCUT2D eigenvalue weighted by atomic mass is 19.1. The number of nitrogens with zero attached hydrogens (tertiary/aromatic N) is 3. The third-order valence-corrected chi connectivity index (χ3v) is 7.29. The summed E-state index contributed by atoms with van der Waals surface area (Å²) >= 11 is 0. The molecule has 2 fully saturated rings. The predicted molar refractivity (Wildman–Crippen MR) is 133 cm³/mol. The van der Waals surface area contributed by atoms with E-state index >= 15 is 0 Å². The second-order valence-corrected chi connectivity index (χ2v) is 9.81. The van der Waals surface area contributed by atoms with Crippen molar-refractivity contribution in [2.24, 2.45) is 0 Å². The van der Waals surface area contributed by atoms with Gasteiger partial charge in [-0.2, -0.15) is 4.98 Å². The number of ether oxygens (including phenoxy) is 1. The van der Waals surface area contributed by atoms with Gasteiger partial charge in [-0.1, -0.05) is 66.9 Å². The van der Waals surface area contributed by atoms with E-state index in [2.05, 4.69) is 21.1 Å². The van der Waals surface area contributed by atoms with E-state index in [1.54, 1.807) is 12.1 Å². The number of benzene rings is 2. The fourth-order valence-corrected chi connectivity index (χ4v) is 5.33. The highest BCUT2D eigenvalue weighted by Crippen LogP contribution is 2.42. The van der Waals surface area contributed by atoms with Gasteiger partial charge in [0.15, 0.2) is 0 Å². The lowest BCUT2D eigenvalue weighted by Crippen LogP contribution is -2.52. The number of allylic oxidation sites excluding steroid dienone is 1. The lowest BCUT2D eigenvalue weighted by molar-refractivity contribution is -0.0363. The molecule has 1 saturated carbocycles. The molecule has 1 aromatic heterocycles. The zero-order valence-corrected chi connectivity index (χ0v) is 20.1. The minimum Gasteiger partial charge on any atom is -0.450 e. The van der Waals surface area contributed by atoms with Gasteiger partial charge in [-0.15, -0.1) is 0 Å². The summed E-state index contributed by atoms with van der Waals surface area (Å²) in [5.41, 5.74) is 3.21. The molecule has 1 aliphatic carbocycles. The second kappa shape index (κ2) is 10.6. The first-order valence-electron chi connectivity index (χ1n) is 12.5. The van der Waals surface area contributed by atoms with Gasteiger partial charge in [-0.25, -0.2) is 9.18 Å². The average Bonchev–Trinajstić information content (AvgIpc) is 3.33. The molecule has 2 heterocycles. The number of halogens is 1. The third-order valence-electron chi connectivity index (χ3n) is 7.29. The van der Waals surface area contributed by atoms with E-state index in [9.17, 15) is 9.18 Å². The lowest BCUT2D eigenvalue weighted by Gasteiger charge is -2.37. The first-order valence-corrected chi connectivity index (χ1v) is 12.5. The van der Waals surface area contributed by atoms with E-state index in [-0.39, 0.29) is 17.3 Å². The van der Waals surface area contributed by atoms with Crippen molar-refractivity contribution in [3.8, 4) is 11.4 Å². The van der Waals surface area contributed by atoms with Gasteiger partial charge in [0.25, 0.3) is 5.89 Å². The number of rotatable bonds is 8. The topological polar surface area (TPSA) is 88.7 Å². The minimum absolute atomic E-state index is 0.0252. The van der Waals surface area contributed by atoms with Gasteiger partial charge in [0, 0.05) is 25.2 Å². The third kappa shape index (κ3) is 5.65. The molecule has 0 atom stereocenters. The lowest BCUT2D eigenvalue weighted by atomic mass is 9.67. The van der Waals surface area contributed by atoms with Crippen molar-refractivity contribution in [3.63, 3.8) is 0 Å². The Labute approximate surface area is 209 Å². The van der Waals surface area contributed by atoms with Crippen LogP contribution in [0.2, 0.25) is 0 Å². The molecule has 0 bridgehead atoms. The molecule has 1 saturated heterocycles. The van der Waals surface area contributed by atoms with Crippen LogP contribution in [-0.2, 0) is 16.7 Å². The normalized spacial score (nSPS) is 18.2. The van der Waals surface area contributed by atoms with Gasteiger partial charge >= 0.3 is 6.16 Å². The number of hydrogen-bond donors (Lipinski definition) is 1. The quantitative estimate of drug-likeness (QED) is 0.383. The molecule has 0 amide bonds. The standard InChI is InChI=1S/C28H30FN3O4/c29-23-12-10-22(11-13-23)28(14-2-1-3-15-28)16-4-5-25-30-26(31-36-25)21-8-6-20(7-9-21)17-32-18-24(19-32)35-27(33)34/h4-13,24H,1-3,14-19H2,(H,33,34)/b5-4+. The molecule has 0 radical (unpaired) electrons. The highest BCUT2D eigenvalue weighted by Gasteiger charge is 2.33. The molecule has 8 heteroatoms. The highest BCUT2D eigenvalue weighted by molar-refractivity contribution is 5.57. The Balaban J connectivity index is 1.19. The molecular weight excluding hydrogens is 461 g/mol. The van der Waals surface area contributed by atoms with E-state index in [0.717, 1.165) is 36.9 Å². The molecule has 0 spiro atoms. The molecule has 188 valence electrons. The Bertz CT molecular complexity index is 1190. The molecule has 3 aromatic rings. The first-order chi connectivity index (χ1) is 17.5. The van der Waals surface area contributed by atoms with Crippen molar-refractivity contribution in [1.82, 2.24) is 15.0 Å². The van der Waals surface area contributed by atoms with E-state index in [1.807, 2.05) is 42.5 Å². The van der Waals surface area contributed by atoms with Gasteiger partial charge in [-0.3, -0.25) is 4.90 Å². The molecule has 0 unspecified atom stereocenters. The van der Waals surface area contributed by atoms with Gasteiger partial charge < -0.3 is 14.4 Å². The summed E-state index contributed by atoms with van der Waals surface area (Å²) in [7, 11) is 0. The Morgan fingerprint density at radius 3 is 2.53 bits per heavy atom. The van der Waals surface area contributed by atoms with Crippen LogP contribution in [0.4, 0.5) is 9.18 Å². The minimum atomic E-state index is -1.22. The Morgan fingerprint density at radius 2 is 1.83 bits per heavy atom. The number of likely N-dealkylation sites (tertiary alicyclic amines) is 1. The van der Waals surface area contributed by atoms with Crippen LogP contribution >= 0.6 is 0 Å². The van der Waals surface area contributed by atoms with Crippen LogP contribution in [0.5, 0.6) is 0 Å². The maximum atomic E-state index is 13.5. The number of aromatic nitrogens is 2. The summed E-state index contributed by atoms with van der Waals surface area (Å²) in [6, 6.07) is 14.9. The smallest absolute Gasteiger partial charge is 0.450 e. The number of hydrogen-bond acceptors (Lipinski definition) is 6. The van der Waals surface area contributed by atoms with Gasteiger partial charge in [0.05, 0.1) is 0 Å². The van der Waals surface area contributed by atoms with E-state index in [1.165, 1.54) is 24.8 Å². The molecule has 2 aromatic carbocycles. The summed E-state index contributed by atoms with van der Waals surface area (Å²) in [5, 5.41) is 12.8. The van der Waals surface area contributed by atoms with Gasteiger partial charge in [0.1, 0.15) is 11.9 Å². The van der Waals surface area contributed by atoms with E-state index in [4.69, 9.17) is 14.4 Å². The van der Waals surface area contributed by atoms with Crippen LogP contribution < -0.4 is 0 Å². The monoisotopic (exact) mass is 491 g/mol. The van der Waals surface area contributed by atoms with Crippen LogP contribution in [0.3, 0.4) is 0 Å². The van der Waals surface area contributed by atoms with Crippen LogP contribution in [-0.4, -0.2) is 45.5 Å².